The maximum atomic E-state index is 12.0. The number of H-pyrrole nitrogens is 1. The van der Waals surface area contributed by atoms with Crippen LogP contribution >= 0.6 is 0 Å². The molecule has 0 spiro atoms. The minimum absolute atomic E-state index is 0.0157. The molecule has 5 heteroatoms. The molecule has 1 N–H and O–H groups in total. The fraction of sp³-hybridized carbons (Fsp3) is 0.250. The molecule has 0 amide bonds. The second kappa shape index (κ2) is 3.41. The summed E-state index contributed by atoms with van der Waals surface area (Å²) in [5, 5.41) is 11.4. The lowest BCUT2D eigenvalue weighted by Gasteiger charge is -1.96. The van der Waals surface area contributed by atoms with Crippen LogP contribution in [0.15, 0.2) is 24.4 Å². The number of non-ortho nitro benzene ring substituents is 1. The quantitative estimate of drug-likeness (QED) is 0.500. The Morgan fingerprint density at radius 3 is 2.82 bits per heavy atom. The van der Waals surface area contributed by atoms with Gasteiger partial charge in [-0.2, -0.15) is 0 Å². The van der Waals surface area contributed by atoms with Gasteiger partial charge in [-0.05, 0) is 18.9 Å². The van der Waals surface area contributed by atoms with Crippen LogP contribution in [-0.4, -0.2) is 15.7 Å². The van der Waals surface area contributed by atoms with E-state index in [1.807, 2.05) is 0 Å². The van der Waals surface area contributed by atoms with Crippen molar-refractivity contribution in [3.63, 3.8) is 0 Å². The lowest BCUT2D eigenvalue weighted by atomic mass is 10.1. The molecule has 0 aliphatic heterocycles. The summed E-state index contributed by atoms with van der Waals surface area (Å²) in [4.78, 5) is 25.2. The van der Waals surface area contributed by atoms with Crippen molar-refractivity contribution in [2.75, 3.05) is 0 Å². The van der Waals surface area contributed by atoms with E-state index in [9.17, 15) is 14.9 Å². The van der Waals surface area contributed by atoms with Gasteiger partial charge in [0.05, 0.1) is 4.92 Å². The van der Waals surface area contributed by atoms with Crippen LogP contribution in [-0.2, 0) is 0 Å². The number of fused-ring (bicyclic) bond motifs is 1. The Labute approximate surface area is 96.6 Å². The molecule has 0 radical (unpaired) electrons. The molecule has 3 rings (SSSR count). The van der Waals surface area contributed by atoms with Crippen molar-refractivity contribution in [1.82, 2.24) is 4.98 Å². The van der Waals surface area contributed by atoms with E-state index in [1.54, 1.807) is 12.3 Å². The Bertz CT molecular complexity index is 626. The Kier molecular flexibility index (Phi) is 2.01. The van der Waals surface area contributed by atoms with E-state index < -0.39 is 4.92 Å². The minimum atomic E-state index is -0.447. The molecule has 0 unspecified atom stereocenters. The van der Waals surface area contributed by atoms with Gasteiger partial charge in [-0.1, -0.05) is 0 Å². The molecule has 1 aliphatic carbocycles. The zero-order valence-corrected chi connectivity index (χ0v) is 8.97. The number of hydrogen-bond donors (Lipinski definition) is 1. The zero-order chi connectivity index (χ0) is 12.0. The second-order valence-corrected chi connectivity index (χ2v) is 4.33. The number of carbonyl (C=O) groups is 1. The lowest BCUT2D eigenvalue weighted by Crippen LogP contribution is -1.99. The van der Waals surface area contributed by atoms with Crippen molar-refractivity contribution in [2.45, 2.75) is 12.8 Å². The zero-order valence-electron chi connectivity index (χ0n) is 8.97. The first-order chi connectivity index (χ1) is 8.16. The van der Waals surface area contributed by atoms with Crippen LogP contribution in [0.2, 0.25) is 0 Å². The Morgan fingerprint density at radius 1 is 1.41 bits per heavy atom. The molecule has 1 heterocycles. The van der Waals surface area contributed by atoms with E-state index in [1.165, 1.54) is 12.1 Å². The summed E-state index contributed by atoms with van der Waals surface area (Å²) in [7, 11) is 0. The molecule has 1 aromatic heterocycles. The monoisotopic (exact) mass is 230 g/mol. The van der Waals surface area contributed by atoms with Gasteiger partial charge in [-0.25, -0.2) is 0 Å². The third kappa shape index (κ3) is 1.60. The van der Waals surface area contributed by atoms with Crippen LogP contribution in [0.1, 0.15) is 23.2 Å². The number of hydrogen-bond acceptors (Lipinski definition) is 3. The molecular formula is C12H10N2O3. The van der Waals surface area contributed by atoms with E-state index in [4.69, 9.17) is 0 Å². The van der Waals surface area contributed by atoms with E-state index in [0.717, 1.165) is 18.4 Å². The van der Waals surface area contributed by atoms with Gasteiger partial charge in [0, 0.05) is 40.7 Å². The summed E-state index contributed by atoms with van der Waals surface area (Å²) < 4.78 is 0. The van der Waals surface area contributed by atoms with E-state index >= 15 is 0 Å². The number of Topliss-reactive ketones (excluding diaryl/α,β-unsaturated/α-hetero) is 1. The number of aromatic nitrogens is 1. The number of nitrogens with one attached hydrogen (secondary N) is 1. The number of aromatic amines is 1. The minimum Gasteiger partial charge on any atom is -0.360 e. The Morgan fingerprint density at radius 2 is 2.18 bits per heavy atom. The van der Waals surface area contributed by atoms with Crippen molar-refractivity contribution in [1.29, 1.82) is 0 Å². The predicted molar refractivity (Wildman–Crippen MR) is 62.0 cm³/mol. The fourth-order valence-electron chi connectivity index (χ4n) is 1.99. The average molecular weight is 230 g/mol. The average Bonchev–Trinajstić information content (AvgIpc) is 3.07. The predicted octanol–water partition coefficient (Wildman–Crippen LogP) is 2.67. The first-order valence-electron chi connectivity index (χ1n) is 5.46. The molecule has 5 nitrogen and oxygen atoms in total. The molecule has 86 valence electrons. The van der Waals surface area contributed by atoms with Gasteiger partial charge in [-0.3, -0.25) is 14.9 Å². The van der Waals surface area contributed by atoms with Gasteiger partial charge in [0.1, 0.15) is 0 Å². The smallest absolute Gasteiger partial charge is 0.270 e. The molecule has 0 bridgehead atoms. The molecule has 2 aromatic rings. The largest absolute Gasteiger partial charge is 0.360 e. The highest BCUT2D eigenvalue weighted by Gasteiger charge is 2.32. The first-order valence-corrected chi connectivity index (χ1v) is 5.46. The SMILES string of the molecule is O=C(c1c[nH]c2ccc([N+](=O)[O-])cc12)C1CC1. The van der Waals surface area contributed by atoms with Crippen LogP contribution in [0.25, 0.3) is 10.9 Å². The number of rotatable bonds is 3. The van der Waals surface area contributed by atoms with Gasteiger partial charge in [-0.15, -0.1) is 0 Å². The number of benzene rings is 1. The Balaban J connectivity index is 2.15. The van der Waals surface area contributed by atoms with Crippen molar-refractivity contribution in [3.05, 3.63) is 40.1 Å². The van der Waals surface area contributed by atoms with Gasteiger partial charge >= 0.3 is 0 Å². The number of nitro benzene ring substituents is 1. The fourth-order valence-corrected chi connectivity index (χ4v) is 1.99. The number of ketones is 1. The number of nitrogens with zero attached hydrogens (tertiary/aromatic N) is 1. The number of nitro groups is 1. The van der Waals surface area contributed by atoms with Gasteiger partial charge in [0.2, 0.25) is 0 Å². The highest BCUT2D eigenvalue weighted by atomic mass is 16.6. The van der Waals surface area contributed by atoms with Crippen LogP contribution < -0.4 is 0 Å². The van der Waals surface area contributed by atoms with E-state index in [0.29, 0.717) is 10.9 Å². The van der Waals surface area contributed by atoms with E-state index in [-0.39, 0.29) is 17.4 Å². The van der Waals surface area contributed by atoms with E-state index in [2.05, 4.69) is 4.98 Å². The molecule has 17 heavy (non-hydrogen) atoms. The molecule has 1 aromatic carbocycles. The summed E-state index contributed by atoms with van der Waals surface area (Å²) in [6.07, 6.45) is 3.51. The number of carbonyl (C=O) groups excluding carboxylic acids is 1. The summed E-state index contributed by atoms with van der Waals surface area (Å²) >= 11 is 0. The first kappa shape index (κ1) is 10.0. The molecule has 1 saturated carbocycles. The topological polar surface area (TPSA) is 76.0 Å². The normalized spacial score (nSPS) is 15.1. The highest BCUT2D eigenvalue weighted by molar-refractivity contribution is 6.10. The molecule has 0 atom stereocenters. The van der Waals surface area contributed by atoms with Crippen molar-refractivity contribution >= 4 is 22.4 Å². The van der Waals surface area contributed by atoms with Gasteiger partial charge in [0.15, 0.2) is 5.78 Å². The lowest BCUT2D eigenvalue weighted by molar-refractivity contribution is -0.384. The maximum Gasteiger partial charge on any atom is 0.270 e. The van der Waals surface area contributed by atoms with Crippen molar-refractivity contribution in [2.24, 2.45) is 5.92 Å². The summed E-state index contributed by atoms with van der Waals surface area (Å²) in [5.41, 5.74) is 1.35. The van der Waals surface area contributed by atoms with Crippen LogP contribution in [0.3, 0.4) is 0 Å². The molecular weight excluding hydrogens is 220 g/mol. The Hall–Kier alpha value is -2.17. The molecule has 1 aliphatic rings. The van der Waals surface area contributed by atoms with Crippen LogP contribution in [0.4, 0.5) is 5.69 Å². The third-order valence-electron chi connectivity index (χ3n) is 3.09. The van der Waals surface area contributed by atoms with Crippen LogP contribution in [0, 0.1) is 16.0 Å². The van der Waals surface area contributed by atoms with Gasteiger partial charge in [0.25, 0.3) is 5.69 Å². The maximum absolute atomic E-state index is 12.0. The van der Waals surface area contributed by atoms with Crippen molar-refractivity contribution < 1.29 is 9.72 Å². The summed E-state index contributed by atoms with van der Waals surface area (Å²) in [6.45, 7) is 0. The summed E-state index contributed by atoms with van der Waals surface area (Å²) in [6, 6.07) is 4.53. The second-order valence-electron chi connectivity index (χ2n) is 4.33. The third-order valence-corrected chi connectivity index (χ3v) is 3.09. The highest BCUT2D eigenvalue weighted by Crippen LogP contribution is 2.35. The summed E-state index contributed by atoms with van der Waals surface area (Å²) in [5.74, 6) is 0.213. The molecule has 0 saturated heterocycles. The van der Waals surface area contributed by atoms with Gasteiger partial charge < -0.3 is 4.98 Å². The van der Waals surface area contributed by atoms with Crippen molar-refractivity contribution in [3.8, 4) is 0 Å². The standard InChI is InChI=1S/C12H10N2O3/c15-12(7-1-2-7)10-6-13-11-4-3-8(14(16)17)5-9(10)11/h3-7,13H,1-2H2. The van der Waals surface area contributed by atoms with Crippen LogP contribution in [0.5, 0.6) is 0 Å². The molecule has 1 fully saturated rings.